The number of nitrogens with one attached hydrogen (secondary N) is 1. The number of carbonyl (C=O) groups excluding carboxylic acids is 2. The predicted molar refractivity (Wildman–Crippen MR) is 106 cm³/mol. The Morgan fingerprint density at radius 1 is 1.18 bits per heavy atom. The van der Waals surface area contributed by atoms with Crippen molar-refractivity contribution in [3.8, 4) is 11.3 Å². The van der Waals surface area contributed by atoms with Gasteiger partial charge in [0.05, 0.1) is 25.2 Å². The summed E-state index contributed by atoms with van der Waals surface area (Å²) in [5.41, 5.74) is 8.75. The van der Waals surface area contributed by atoms with Crippen molar-refractivity contribution < 1.29 is 14.3 Å². The molecule has 7 nitrogen and oxygen atoms in total. The van der Waals surface area contributed by atoms with E-state index in [0.29, 0.717) is 29.1 Å². The van der Waals surface area contributed by atoms with E-state index in [1.54, 1.807) is 10.9 Å². The van der Waals surface area contributed by atoms with Crippen molar-refractivity contribution in [1.29, 1.82) is 0 Å². The van der Waals surface area contributed by atoms with Crippen molar-refractivity contribution in [2.24, 2.45) is 30.5 Å². The van der Waals surface area contributed by atoms with Gasteiger partial charge in [-0.1, -0.05) is 12.1 Å². The summed E-state index contributed by atoms with van der Waals surface area (Å²) in [5.74, 6) is 0.961. The van der Waals surface area contributed by atoms with Crippen LogP contribution in [0.25, 0.3) is 11.3 Å². The van der Waals surface area contributed by atoms with Crippen LogP contribution in [-0.4, -0.2) is 34.6 Å². The van der Waals surface area contributed by atoms with Gasteiger partial charge < -0.3 is 20.4 Å². The van der Waals surface area contributed by atoms with E-state index in [2.05, 4.69) is 10.3 Å². The first-order valence-electron chi connectivity index (χ1n) is 9.76. The molecule has 3 N–H and O–H groups in total. The lowest BCUT2D eigenvalue weighted by molar-refractivity contribution is -0.118. The average Bonchev–Trinajstić information content (AvgIpc) is 3.62. The molecule has 0 unspecified atom stereocenters. The maximum atomic E-state index is 12.7. The summed E-state index contributed by atoms with van der Waals surface area (Å²) in [4.78, 5) is 28.7. The molecule has 1 aromatic carbocycles. The van der Waals surface area contributed by atoms with Crippen LogP contribution in [0.3, 0.4) is 0 Å². The predicted octanol–water partition coefficient (Wildman–Crippen LogP) is 2.58. The lowest BCUT2D eigenvalue weighted by atomic mass is 9.89. The zero-order chi connectivity index (χ0) is 19.8. The van der Waals surface area contributed by atoms with Crippen molar-refractivity contribution in [3.05, 3.63) is 36.3 Å². The van der Waals surface area contributed by atoms with E-state index < -0.39 is 12.0 Å². The number of hydrogen-bond donors (Lipinski definition) is 2. The second kappa shape index (κ2) is 7.39. The Kier molecular flexibility index (Phi) is 4.93. The molecule has 1 amide bonds. The Hall–Kier alpha value is -2.67. The lowest BCUT2D eigenvalue weighted by Crippen LogP contribution is -2.43. The number of carbonyl (C=O) groups is 2. The number of anilines is 1. The van der Waals surface area contributed by atoms with E-state index in [0.717, 1.165) is 5.56 Å². The summed E-state index contributed by atoms with van der Waals surface area (Å²) in [5, 5.41) is 2.95. The van der Waals surface area contributed by atoms with Crippen LogP contribution in [0.1, 0.15) is 36.2 Å². The minimum Gasteiger partial charge on any atom is -0.464 e. The van der Waals surface area contributed by atoms with E-state index in [-0.39, 0.29) is 11.6 Å². The maximum absolute atomic E-state index is 12.7. The van der Waals surface area contributed by atoms with Gasteiger partial charge in [-0.05, 0) is 55.6 Å². The van der Waals surface area contributed by atoms with Gasteiger partial charge in [0.2, 0.25) is 5.91 Å². The van der Waals surface area contributed by atoms with Crippen molar-refractivity contribution in [3.63, 3.8) is 0 Å². The number of nitrogens with zero attached hydrogens (tertiary/aromatic N) is 2. The number of amides is 1. The van der Waals surface area contributed by atoms with Crippen LogP contribution in [-0.2, 0) is 16.6 Å². The van der Waals surface area contributed by atoms with Crippen LogP contribution in [0.4, 0.5) is 5.69 Å². The smallest absolute Gasteiger partial charge is 0.358 e. The number of esters is 1. The first-order valence-corrected chi connectivity index (χ1v) is 9.76. The van der Waals surface area contributed by atoms with Gasteiger partial charge in [-0.2, -0.15) is 0 Å². The fraction of sp³-hybridized carbons (Fsp3) is 0.476. The Labute approximate surface area is 164 Å². The summed E-state index contributed by atoms with van der Waals surface area (Å²) in [6.45, 7) is 0. The van der Waals surface area contributed by atoms with Crippen LogP contribution in [0.2, 0.25) is 0 Å². The van der Waals surface area contributed by atoms with Gasteiger partial charge in [-0.15, -0.1) is 0 Å². The number of methoxy groups -OCH3 is 1. The minimum atomic E-state index is -0.481. The van der Waals surface area contributed by atoms with Gasteiger partial charge >= 0.3 is 5.97 Å². The standard InChI is InChI=1S/C21H26N4O3/c1-25-11-23-18(21(27)28-2)19(25)14-7-9-15(10-8-14)24-20(26)17(22)16(12-3-4-12)13-5-6-13/h7-13,16-17H,3-6,22H2,1-2H3,(H,24,26)/t17-/m0/s1. The molecule has 2 saturated carbocycles. The second-order valence-electron chi connectivity index (χ2n) is 7.89. The van der Waals surface area contributed by atoms with Gasteiger partial charge in [0.1, 0.15) is 0 Å². The number of hydrogen-bond acceptors (Lipinski definition) is 5. The van der Waals surface area contributed by atoms with Crippen molar-refractivity contribution in [2.75, 3.05) is 12.4 Å². The number of aryl methyl sites for hydroxylation is 1. The number of ether oxygens (including phenoxy) is 1. The van der Waals surface area contributed by atoms with E-state index in [1.807, 2.05) is 31.3 Å². The van der Waals surface area contributed by atoms with E-state index >= 15 is 0 Å². The fourth-order valence-electron chi connectivity index (χ4n) is 4.06. The molecule has 0 radical (unpaired) electrons. The largest absolute Gasteiger partial charge is 0.464 e. The summed E-state index contributed by atoms with van der Waals surface area (Å²) in [6, 6.07) is 6.88. The molecule has 1 heterocycles. The number of benzene rings is 1. The monoisotopic (exact) mass is 382 g/mol. The zero-order valence-electron chi connectivity index (χ0n) is 16.2. The molecule has 2 aromatic rings. The highest BCUT2D eigenvalue weighted by Crippen LogP contribution is 2.50. The number of nitrogens with two attached hydrogens (primary N) is 1. The third-order valence-electron chi connectivity index (χ3n) is 5.79. The first-order chi connectivity index (χ1) is 13.5. The second-order valence-corrected chi connectivity index (χ2v) is 7.89. The molecular formula is C21H26N4O3. The highest BCUT2D eigenvalue weighted by atomic mass is 16.5. The summed E-state index contributed by atoms with van der Waals surface area (Å²) in [6.07, 6.45) is 6.37. The number of aromatic nitrogens is 2. The fourth-order valence-corrected chi connectivity index (χ4v) is 4.06. The Morgan fingerprint density at radius 2 is 1.79 bits per heavy atom. The van der Waals surface area contributed by atoms with Gasteiger partial charge in [-0.3, -0.25) is 4.79 Å². The molecule has 7 heteroatoms. The molecular weight excluding hydrogens is 356 g/mol. The van der Waals surface area contributed by atoms with Crippen molar-refractivity contribution in [1.82, 2.24) is 9.55 Å². The van der Waals surface area contributed by atoms with Gasteiger partial charge in [0.25, 0.3) is 0 Å². The Morgan fingerprint density at radius 3 is 2.32 bits per heavy atom. The highest BCUT2D eigenvalue weighted by molar-refractivity contribution is 5.96. The SMILES string of the molecule is COC(=O)c1ncn(C)c1-c1ccc(NC(=O)[C@@H](N)C(C2CC2)C2CC2)cc1. The number of rotatable bonds is 7. The summed E-state index contributed by atoms with van der Waals surface area (Å²) in [7, 11) is 3.15. The molecule has 2 fully saturated rings. The molecule has 148 valence electrons. The summed E-state index contributed by atoms with van der Waals surface area (Å²) < 4.78 is 6.57. The Bertz CT molecular complexity index is 870. The molecule has 28 heavy (non-hydrogen) atoms. The van der Waals surface area contributed by atoms with Crippen molar-refractivity contribution in [2.45, 2.75) is 31.7 Å². The zero-order valence-corrected chi connectivity index (χ0v) is 16.2. The van der Waals surface area contributed by atoms with Gasteiger partial charge in [-0.25, -0.2) is 9.78 Å². The highest BCUT2D eigenvalue weighted by Gasteiger charge is 2.46. The number of imidazole rings is 1. The van der Waals surface area contributed by atoms with E-state index in [9.17, 15) is 9.59 Å². The van der Waals surface area contributed by atoms with Gasteiger partial charge in [0, 0.05) is 18.3 Å². The molecule has 2 aliphatic rings. The minimum absolute atomic E-state index is 0.118. The van der Waals surface area contributed by atoms with Crippen LogP contribution in [0, 0.1) is 17.8 Å². The maximum Gasteiger partial charge on any atom is 0.358 e. The topological polar surface area (TPSA) is 99.2 Å². The molecule has 0 bridgehead atoms. The molecule has 1 aromatic heterocycles. The normalized spacial score (nSPS) is 17.4. The van der Waals surface area contributed by atoms with Crippen LogP contribution in [0.5, 0.6) is 0 Å². The quantitative estimate of drug-likeness (QED) is 0.717. The first kappa shape index (κ1) is 18.7. The molecule has 1 atom stereocenters. The van der Waals surface area contributed by atoms with Crippen LogP contribution in [0.15, 0.2) is 30.6 Å². The lowest BCUT2D eigenvalue weighted by Gasteiger charge is -2.23. The molecule has 0 aliphatic heterocycles. The van der Waals surface area contributed by atoms with Crippen LogP contribution < -0.4 is 11.1 Å². The Balaban J connectivity index is 1.47. The third kappa shape index (κ3) is 3.67. The molecule has 0 spiro atoms. The van der Waals surface area contributed by atoms with Crippen LogP contribution >= 0.6 is 0 Å². The molecule has 4 rings (SSSR count). The van der Waals surface area contributed by atoms with Crippen molar-refractivity contribution >= 4 is 17.6 Å². The summed E-state index contributed by atoms with van der Waals surface area (Å²) >= 11 is 0. The third-order valence-corrected chi connectivity index (χ3v) is 5.79. The molecule has 0 saturated heterocycles. The van der Waals surface area contributed by atoms with Gasteiger partial charge in [0.15, 0.2) is 5.69 Å². The van der Waals surface area contributed by atoms with E-state index in [4.69, 9.17) is 10.5 Å². The molecule has 2 aliphatic carbocycles. The average molecular weight is 382 g/mol. The van der Waals surface area contributed by atoms with E-state index in [1.165, 1.54) is 32.8 Å².